The second-order valence-corrected chi connectivity index (χ2v) is 6.10. The number of nitrogens with one attached hydrogen (secondary N) is 1. The molecule has 0 fully saturated rings. The summed E-state index contributed by atoms with van der Waals surface area (Å²) >= 11 is 0. The molecule has 0 atom stereocenters. The first kappa shape index (κ1) is 17.7. The Morgan fingerprint density at radius 2 is 1.96 bits per heavy atom. The summed E-state index contributed by atoms with van der Waals surface area (Å²) in [4.78, 5) is 25.4. The van der Waals surface area contributed by atoms with Crippen LogP contribution in [0.4, 0.5) is 0 Å². The Kier molecular flexibility index (Phi) is 4.97. The molecule has 1 aromatic carbocycles. The summed E-state index contributed by atoms with van der Waals surface area (Å²) in [5.74, 6) is 0.874. The van der Waals surface area contributed by atoms with Crippen molar-refractivity contribution in [3.05, 3.63) is 78.4 Å². The maximum atomic E-state index is 12.4. The molecule has 0 aliphatic rings. The van der Waals surface area contributed by atoms with Gasteiger partial charge >= 0.3 is 0 Å². The van der Waals surface area contributed by atoms with Gasteiger partial charge in [0, 0.05) is 18.9 Å². The van der Waals surface area contributed by atoms with Crippen LogP contribution in [0.1, 0.15) is 22.8 Å². The fraction of sp³-hybridized carbons (Fsp3) is 0.143. The van der Waals surface area contributed by atoms with Gasteiger partial charge in [-0.3, -0.25) is 9.36 Å². The first-order chi connectivity index (χ1) is 13.8. The number of ether oxygens (including phenoxy) is 1. The summed E-state index contributed by atoms with van der Waals surface area (Å²) in [6, 6.07) is 15.1. The molecule has 1 N–H and O–H groups in total. The third-order valence-electron chi connectivity index (χ3n) is 4.26. The molecule has 3 aromatic heterocycles. The zero-order chi connectivity index (χ0) is 19.3. The van der Waals surface area contributed by atoms with Crippen molar-refractivity contribution in [1.82, 2.24) is 24.8 Å². The maximum absolute atomic E-state index is 12.4. The number of aromatic nitrogens is 4. The van der Waals surface area contributed by atoms with E-state index in [0.29, 0.717) is 24.6 Å². The molecule has 0 aliphatic carbocycles. The van der Waals surface area contributed by atoms with Crippen LogP contribution in [0.2, 0.25) is 0 Å². The fourth-order valence-corrected chi connectivity index (χ4v) is 2.90. The van der Waals surface area contributed by atoms with Crippen molar-refractivity contribution in [1.29, 1.82) is 0 Å². The lowest BCUT2D eigenvalue weighted by Crippen LogP contribution is -2.24. The van der Waals surface area contributed by atoms with Crippen LogP contribution in [0.3, 0.4) is 0 Å². The maximum Gasteiger partial charge on any atom is 0.257 e. The molecule has 0 saturated heterocycles. The zero-order valence-electron chi connectivity index (χ0n) is 15.4. The number of nitrogens with zero attached hydrogens (tertiary/aromatic N) is 4. The van der Waals surface area contributed by atoms with Crippen molar-refractivity contribution in [2.45, 2.75) is 13.5 Å². The highest BCUT2D eigenvalue weighted by Crippen LogP contribution is 2.17. The second-order valence-electron chi connectivity index (χ2n) is 6.10. The highest BCUT2D eigenvalue weighted by atomic mass is 16.5. The van der Waals surface area contributed by atoms with Gasteiger partial charge < -0.3 is 10.1 Å². The van der Waals surface area contributed by atoms with E-state index >= 15 is 0 Å². The highest BCUT2D eigenvalue weighted by Gasteiger charge is 2.13. The first-order valence-electron chi connectivity index (χ1n) is 8.99. The average molecular weight is 373 g/mol. The zero-order valence-corrected chi connectivity index (χ0v) is 15.4. The lowest BCUT2D eigenvalue weighted by Gasteiger charge is -2.10. The lowest BCUT2D eigenvalue weighted by atomic mass is 10.2. The van der Waals surface area contributed by atoms with Gasteiger partial charge in [0.2, 0.25) is 5.88 Å². The molecule has 1 amide bonds. The molecule has 0 aliphatic heterocycles. The monoisotopic (exact) mass is 373 g/mol. The summed E-state index contributed by atoms with van der Waals surface area (Å²) in [5.41, 5.74) is 3.22. The Labute approximate surface area is 162 Å². The fourth-order valence-electron chi connectivity index (χ4n) is 2.90. The third kappa shape index (κ3) is 3.55. The molecular weight excluding hydrogens is 354 g/mol. The van der Waals surface area contributed by atoms with Gasteiger partial charge in [-0.2, -0.15) is 0 Å². The topological polar surface area (TPSA) is 81.9 Å². The Morgan fingerprint density at radius 3 is 2.79 bits per heavy atom. The number of fused-ring (bicyclic) bond motifs is 1. The number of carbonyl (C=O) groups is 1. The quantitative estimate of drug-likeness (QED) is 0.561. The molecule has 0 radical (unpaired) electrons. The summed E-state index contributed by atoms with van der Waals surface area (Å²) in [7, 11) is 0. The molecular formula is C21H19N5O2. The van der Waals surface area contributed by atoms with Crippen LogP contribution in [-0.2, 0) is 6.54 Å². The Balaban J connectivity index is 1.46. The summed E-state index contributed by atoms with van der Waals surface area (Å²) in [6.07, 6.45) is 5.10. The third-order valence-corrected chi connectivity index (χ3v) is 4.26. The lowest BCUT2D eigenvalue weighted by molar-refractivity contribution is 0.0946. The van der Waals surface area contributed by atoms with E-state index in [1.165, 1.54) is 0 Å². The van der Waals surface area contributed by atoms with E-state index in [1.807, 2.05) is 47.9 Å². The first-order valence-corrected chi connectivity index (χ1v) is 8.99. The molecule has 0 saturated carbocycles. The van der Waals surface area contributed by atoms with Crippen LogP contribution in [-0.4, -0.2) is 32.0 Å². The second kappa shape index (κ2) is 7.87. The molecule has 0 unspecified atom stereocenters. The number of pyridine rings is 2. The number of imidazole rings is 1. The largest absolute Gasteiger partial charge is 0.477 e. The minimum atomic E-state index is -0.235. The molecule has 7 heteroatoms. The molecule has 4 aromatic rings. The van der Waals surface area contributed by atoms with Gasteiger partial charge in [-0.25, -0.2) is 15.0 Å². The Hall–Kier alpha value is -3.74. The van der Waals surface area contributed by atoms with Crippen LogP contribution in [0.5, 0.6) is 5.88 Å². The summed E-state index contributed by atoms with van der Waals surface area (Å²) < 4.78 is 7.34. The molecule has 4 rings (SSSR count). The minimum absolute atomic E-state index is 0.235. The Bertz CT molecular complexity index is 1110. The number of amides is 1. The van der Waals surface area contributed by atoms with Gasteiger partial charge in [-0.1, -0.05) is 18.2 Å². The normalized spacial score (nSPS) is 10.8. The van der Waals surface area contributed by atoms with Gasteiger partial charge in [0.25, 0.3) is 5.91 Å². The van der Waals surface area contributed by atoms with E-state index in [-0.39, 0.29) is 5.91 Å². The van der Waals surface area contributed by atoms with Crippen molar-refractivity contribution in [2.75, 3.05) is 6.61 Å². The average Bonchev–Trinajstić information content (AvgIpc) is 3.17. The van der Waals surface area contributed by atoms with Crippen LogP contribution in [0.25, 0.3) is 16.9 Å². The number of carbonyl (C=O) groups excluding carboxylic acids is 1. The molecule has 0 spiro atoms. The van der Waals surface area contributed by atoms with Crippen LogP contribution < -0.4 is 10.1 Å². The van der Waals surface area contributed by atoms with Gasteiger partial charge in [-0.05, 0) is 42.8 Å². The van der Waals surface area contributed by atoms with E-state index in [9.17, 15) is 4.79 Å². The van der Waals surface area contributed by atoms with E-state index in [4.69, 9.17) is 4.74 Å². The highest BCUT2D eigenvalue weighted by molar-refractivity contribution is 5.96. The van der Waals surface area contributed by atoms with Gasteiger partial charge in [-0.15, -0.1) is 0 Å². The van der Waals surface area contributed by atoms with Crippen molar-refractivity contribution in [2.24, 2.45) is 0 Å². The van der Waals surface area contributed by atoms with Crippen molar-refractivity contribution in [3.63, 3.8) is 0 Å². The summed E-state index contributed by atoms with van der Waals surface area (Å²) in [5, 5.41) is 2.88. The molecule has 7 nitrogen and oxygen atoms in total. The van der Waals surface area contributed by atoms with Crippen molar-refractivity contribution in [3.8, 4) is 11.7 Å². The smallest absolute Gasteiger partial charge is 0.257 e. The van der Waals surface area contributed by atoms with Crippen LogP contribution in [0.15, 0.2) is 67.3 Å². The standard InChI is InChI=1S/C21H19N5O2/c1-2-28-21-16(6-5-11-22-21)20(27)24-13-15-9-10-19(23-12-15)26-14-25-17-7-3-4-8-18(17)26/h3-12,14H,2,13H2,1H3,(H,24,27). The van der Waals surface area contributed by atoms with Crippen molar-refractivity contribution >= 4 is 16.9 Å². The van der Waals surface area contributed by atoms with E-state index < -0.39 is 0 Å². The van der Waals surface area contributed by atoms with E-state index in [0.717, 1.165) is 22.4 Å². The van der Waals surface area contributed by atoms with Gasteiger partial charge in [0.05, 0.1) is 17.6 Å². The minimum Gasteiger partial charge on any atom is -0.477 e. The molecule has 28 heavy (non-hydrogen) atoms. The van der Waals surface area contributed by atoms with E-state index in [1.54, 1.807) is 30.9 Å². The number of benzene rings is 1. The van der Waals surface area contributed by atoms with Crippen molar-refractivity contribution < 1.29 is 9.53 Å². The summed E-state index contributed by atoms with van der Waals surface area (Å²) in [6.45, 7) is 2.66. The number of rotatable bonds is 6. The number of hydrogen-bond acceptors (Lipinski definition) is 5. The van der Waals surface area contributed by atoms with E-state index in [2.05, 4.69) is 20.3 Å². The number of hydrogen-bond donors (Lipinski definition) is 1. The predicted molar refractivity (Wildman–Crippen MR) is 105 cm³/mol. The van der Waals surface area contributed by atoms with Crippen LogP contribution >= 0.6 is 0 Å². The SMILES string of the molecule is CCOc1ncccc1C(=O)NCc1ccc(-n2cnc3ccccc32)nc1. The number of para-hydroxylation sites is 2. The van der Waals surface area contributed by atoms with Crippen LogP contribution in [0, 0.1) is 0 Å². The molecule has 140 valence electrons. The molecule has 0 bridgehead atoms. The predicted octanol–water partition coefficient (Wildman–Crippen LogP) is 3.14. The molecule has 3 heterocycles. The van der Waals surface area contributed by atoms with Gasteiger partial charge in [0.15, 0.2) is 0 Å². The van der Waals surface area contributed by atoms with Gasteiger partial charge in [0.1, 0.15) is 17.7 Å². The Morgan fingerprint density at radius 1 is 1.07 bits per heavy atom.